The molecule has 0 aliphatic rings. The summed E-state index contributed by atoms with van der Waals surface area (Å²) in [6, 6.07) is 9.49. The molecular formula is C11H19NO3S. The average Bonchev–Trinajstić information content (AvgIpc) is 2.18. The van der Waals surface area contributed by atoms with E-state index in [-0.39, 0.29) is 5.75 Å². The fourth-order valence-corrected chi connectivity index (χ4v) is 1.56. The summed E-state index contributed by atoms with van der Waals surface area (Å²) >= 11 is 0. The van der Waals surface area contributed by atoms with Crippen LogP contribution in [-0.4, -0.2) is 18.7 Å². The zero-order chi connectivity index (χ0) is 12.4. The third-order valence-corrected chi connectivity index (χ3v) is 2.61. The van der Waals surface area contributed by atoms with Crippen molar-refractivity contribution in [3.63, 3.8) is 0 Å². The van der Waals surface area contributed by atoms with Gasteiger partial charge in [0.25, 0.3) is 10.1 Å². The molecule has 1 rings (SSSR count). The van der Waals surface area contributed by atoms with Gasteiger partial charge in [-0.25, -0.2) is 0 Å². The lowest BCUT2D eigenvalue weighted by Crippen LogP contribution is -2.02. The number of para-hydroxylation sites is 1. The summed E-state index contributed by atoms with van der Waals surface area (Å²) in [4.78, 5) is 0. The number of nitrogen functional groups attached to an aromatic ring is 1. The largest absolute Gasteiger partial charge is 0.399 e. The van der Waals surface area contributed by atoms with E-state index in [0.717, 1.165) is 18.5 Å². The summed E-state index contributed by atoms with van der Waals surface area (Å²) in [6.45, 7) is 1.98. The van der Waals surface area contributed by atoms with E-state index in [1.807, 2.05) is 37.3 Å². The van der Waals surface area contributed by atoms with Crippen molar-refractivity contribution in [1.29, 1.82) is 0 Å². The van der Waals surface area contributed by atoms with Gasteiger partial charge < -0.3 is 5.73 Å². The lowest BCUT2D eigenvalue weighted by atomic mass is 10.3. The van der Waals surface area contributed by atoms with Gasteiger partial charge in [0.2, 0.25) is 0 Å². The molecule has 0 aliphatic carbocycles. The molecule has 3 N–H and O–H groups in total. The maximum absolute atomic E-state index is 10.1. The lowest BCUT2D eigenvalue weighted by Gasteiger charge is -1.92. The first-order valence-corrected chi connectivity index (χ1v) is 6.82. The predicted octanol–water partition coefficient (Wildman–Crippen LogP) is 2.33. The fraction of sp³-hybridized carbons (Fsp3) is 0.455. The zero-order valence-electron chi connectivity index (χ0n) is 9.46. The van der Waals surface area contributed by atoms with Gasteiger partial charge in [0.15, 0.2) is 0 Å². The van der Waals surface area contributed by atoms with Crippen molar-refractivity contribution >= 4 is 15.8 Å². The summed E-state index contributed by atoms with van der Waals surface area (Å²) in [7, 11) is -3.70. The Bertz CT molecular complexity index is 362. The summed E-state index contributed by atoms with van der Waals surface area (Å²) < 4.78 is 28.3. The van der Waals surface area contributed by atoms with Crippen LogP contribution in [-0.2, 0) is 10.1 Å². The lowest BCUT2D eigenvalue weighted by molar-refractivity contribution is 0.480. The number of anilines is 1. The third-order valence-electron chi connectivity index (χ3n) is 1.81. The van der Waals surface area contributed by atoms with Crippen LogP contribution in [0, 0.1) is 0 Å². The van der Waals surface area contributed by atoms with Crippen molar-refractivity contribution in [2.45, 2.75) is 26.2 Å². The normalized spacial score (nSPS) is 10.4. The standard InChI is InChI=1S/C6H7N.C5H12O3S/c7-6-4-2-1-3-5-6;1-2-3-4-5-9(6,7)8/h1-5H,7H2;2-5H2,1H3,(H,6,7,8). The Morgan fingerprint density at radius 2 is 1.75 bits per heavy atom. The number of rotatable bonds is 4. The van der Waals surface area contributed by atoms with Crippen LogP contribution in [0.5, 0.6) is 0 Å². The summed E-state index contributed by atoms with van der Waals surface area (Å²) in [5, 5.41) is 0. The molecule has 0 saturated carbocycles. The smallest absolute Gasteiger partial charge is 0.264 e. The van der Waals surface area contributed by atoms with Crippen molar-refractivity contribution in [1.82, 2.24) is 0 Å². The van der Waals surface area contributed by atoms with Gasteiger partial charge in [-0.3, -0.25) is 4.55 Å². The molecule has 0 spiro atoms. The second kappa shape index (κ2) is 8.13. The molecule has 0 unspecified atom stereocenters. The minimum absolute atomic E-state index is 0.0964. The first-order chi connectivity index (χ1) is 7.45. The van der Waals surface area contributed by atoms with Crippen molar-refractivity contribution < 1.29 is 13.0 Å². The Morgan fingerprint density at radius 1 is 1.19 bits per heavy atom. The van der Waals surface area contributed by atoms with E-state index in [1.54, 1.807) is 0 Å². The first kappa shape index (κ1) is 14.9. The van der Waals surface area contributed by atoms with E-state index < -0.39 is 10.1 Å². The van der Waals surface area contributed by atoms with Crippen LogP contribution in [0.1, 0.15) is 26.2 Å². The molecule has 1 aromatic rings. The molecule has 0 atom stereocenters. The molecular weight excluding hydrogens is 226 g/mol. The monoisotopic (exact) mass is 245 g/mol. The number of benzene rings is 1. The second-order valence-electron chi connectivity index (χ2n) is 3.40. The molecule has 0 heterocycles. The average molecular weight is 245 g/mol. The van der Waals surface area contributed by atoms with Crippen LogP contribution in [0.15, 0.2) is 30.3 Å². The van der Waals surface area contributed by atoms with E-state index in [1.165, 1.54) is 0 Å². The van der Waals surface area contributed by atoms with Crippen molar-refractivity contribution in [3.05, 3.63) is 30.3 Å². The fourth-order valence-electron chi connectivity index (χ4n) is 0.988. The topological polar surface area (TPSA) is 80.4 Å². The molecule has 5 heteroatoms. The van der Waals surface area contributed by atoms with E-state index in [0.29, 0.717) is 6.42 Å². The van der Waals surface area contributed by atoms with Crippen LogP contribution < -0.4 is 5.73 Å². The van der Waals surface area contributed by atoms with Gasteiger partial charge in [-0.2, -0.15) is 8.42 Å². The Kier molecular flexibility index (Phi) is 7.58. The number of hydrogen-bond acceptors (Lipinski definition) is 3. The van der Waals surface area contributed by atoms with Gasteiger partial charge in [-0.1, -0.05) is 38.0 Å². The zero-order valence-corrected chi connectivity index (χ0v) is 10.3. The maximum Gasteiger partial charge on any atom is 0.264 e. The summed E-state index contributed by atoms with van der Waals surface area (Å²) in [6.07, 6.45) is 2.39. The number of unbranched alkanes of at least 4 members (excludes halogenated alkanes) is 2. The van der Waals surface area contributed by atoms with E-state index in [9.17, 15) is 8.42 Å². The highest BCUT2D eigenvalue weighted by molar-refractivity contribution is 7.85. The van der Waals surface area contributed by atoms with Gasteiger partial charge >= 0.3 is 0 Å². The molecule has 0 radical (unpaired) electrons. The van der Waals surface area contributed by atoms with Crippen LogP contribution in [0.2, 0.25) is 0 Å². The molecule has 0 aromatic heterocycles. The summed E-state index contributed by atoms with van der Waals surface area (Å²) in [5.74, 6) is -0.0964. The second-order valence-corrected chi connectivity index (χ2v) is 4.98. The molecule has 1 aromatic carbocycles. The van der Waals surface area contributed by atoms with E-state index in [4.69, 9.17) is 10.3 Å². The Labute approximate surface area is 97.2 Å². The SMILES string of the molecule is CCCCCS(=O)(=O)O.Nc1ccccc1. The highest BCUT2D eigenvalue weighted by Gasteiger charge is 2.01. The molecule has 0 saturated heterocycles. The van der Waals surface area contributed by atoms with Crippen molar-refractivity contribution in [2.75, 3.05) is 11.5 Å². The molecule has 4 nitrogen and oxygen atoms in total. The minimum Gasteiger partial charge on any atom is -0.399 e. The highest BCUT2D eigenvalue weighted by atomic mass is 32.2. The maximum atomic E-state index is 10.1. The molecule has 92 valence electrons. The van der Waals surface area contributed by atoms with Crippen molar-refractivity contribution in [3.8, 4) is 0 Å². The van der Waals surface area contributed by atoms with Crippen LogP contribution in [0.3, 0.4) is 0 Å². The van der Waals surface area contributed by atoms with E-state index >= 15 is 0 Å². The highest BCUT2D eigenvalue weighted by Crippen LogP contribution is 1.96. The Morgan fingerprint density at radius 3 is 2.06 bits per heavy atom. The van der Waals surface area contributed by atoms with Crippen LogP contribution >= 0.6 is 0 Å². The molecule has 16 heavy (non-hydrogen) atoms. The Balaban J connectivity index is 0.000000288. The molecule has 0 bridgehead atoms. The molecule has 0 fully saturated rings. The van der Waals surface area contributed by atoms with Crippen LogP contribution in [0.4, 0.5) is 5.69 Å². The summed E-state index contributed by atoms with van der Waals surface area (Å²) in [5.41, 5.74) is 6.18. The predicted molar refractivity (Wildman–Crippen MR) is 66.8 cm³/mol. The number of nitrogens with two attached hydrogens (primary N) is 1. The van der Waals surface area contributed by atoms with Gasteiger partial charge in [0, 0.05) is 5.69 Å². The van der Waals surface area contributed by atoms with Gasteiger partial charge in [0.05, 0.1) is 5.75 Å². The number of hydrogen-bond donors (Lipinski definition) is 2. The molecule has 0 amide bonds. The Hall–Kier alpha value is -1.07. The van der Waals surface area contributed by atoms with Crippen molar-refractivity contribution in [2.24, 2.45) is 0 Å². The minimum atomic E-state index is -3.70. The van der Waals surface area contributed by atoms with Crippen LogP contribution in [0.25, 0.3) is 0 Å². The van der Waals surface area contributed by atoms with Gasteiger partial charge in [0.1, 0.15) is 0 Å². The first-order valence-electron chi connectivity index (χ1n) is 5.21. The van der Waals surface area contributed by atoms with Gasteiger partial charge in [-0.05, 0) is 18.6 Å². The van der Waals surface area contributed by atoms with E-state index in [2.05, 4.69) is 0 Å². The quantitative estimate of drug-likeness (QED) is 0.484. The third kappa shape index (κ3) is 11.0. The molecule has 0 aliphatic heterocycles. The van der Waals surface area contributed by atoms with Gasteiger partial charge in [-0.15, -0.1) is 0 Å².